The van der Waals surface area contributed by atoms with Crippen molar-refractivity contribution in [2.75, 3.05) is 11.4 Å². The first kappa shape index (κ1) is 16.7. The molecule has 0 unspecified atom stereocenters. The molecule has 26 heavy (non-hydrogen) atoms. The van der Waals surface area contributed by atoms with Gasteiger partial charge >= 0.3 is 0 Å². The summed E-state index contributed by atoms with van der Waals surface area (Å²) in [7, 11) is 0. The van der Waals surface area contributed by atoms with Gasteiger partial charge in [0.15, 0.2) is 0 Å². The summed E-state index contributed by atoms with van der Waals surface area (Å²) in [4.78, 5) is 9.51. The number of hydrogen-bond donors (Lipinski definition) is 0. The second kappa shape index (κ2) is 6.52. The highest BCUT2D eigenvalue weighted by Gasteiger charge is 2.23. The number of hydrogen-bond acceptors (Lipinski definition) is 5. The third kappa shape index (κ3) is 2.85. The van der Waals surface area contributed by atoms with Gasteiger partial charge < -0.3 is 4.90 Å². The molecular formula is C16H10BrF3N6. The molecule has 0 atom stereocenters. The van der Waals surface area contributed by atoms with Crippen LogP contribution >= 0.6 is 15.9 Å². The SMILES string of the molecule is Fc1cccc2c1c(N(CC(F)F)c1cncc(Br)c1)nc1nncn12. The number of fused-ring (bicyclic) bond motifs is 3. The summed E-state index contributed by atoms with van der Waals surface area (Å²) < 4.78 is 43.3. The Balaban J connectivity index is 2.04. The van der Waals surface area contributed by atoms with Crippen molar-refractivity contribution in [2.45, 2.75) is 6.43 Å². The number of pyridine rings is 1. The third-order valence-electron chi connectivity index (χ3n) is 3.79. The summed E-state index contributed by atoms with van der Waals surface area (Å²) in [5.41, 5.74) is 0.776. The summed E-state index contributed by atoms with van der Waals surface area (Å²) in [6.45, 7) is -0.682. The molecule has 0 saturated carbocycles. The van der Waals surface area contributed by atoms with Gasteiger partial charge in [-0.15, -0.1) is 10.2 Å². The minimum atomic E-state index is -2.67. The van der Waals surface area contributed by atoms with E-state index in [1.165, 1.54) is 40.2 Å². The third-order valence-corrected chi connectivity index (χ3v) is 4.22. The zero-order valence-corrected chi connectivity index (χ0v) is 14.6. The standard InChI is InChI=1S/C16H10BrF3N6/c17-9-4-10(6-21-5-9)25(7-13(19)20)15-14-11(18)2-1-3-12(14)26-8-22-24-16(26)23-15/h1-6,8,13H,7H2. The summed E-state index contributed by atoms with van der Waals surface area (Å²) in [5.74, 6) is -0.373. The van der Waals surface area contributed by atoms with E-state index in [0.29, 0.717) is 15.7 Å². The highest BCUT2D eigenvalue weighted by molar-refractivity contribution is 9.10. The van der Waals surface area contributed by atoms with Crippen LogP contribution in [0, 0.1) is 5.82 Å². The summed E-state index contributed by atoms with van der Waals surface area (Å²) in [6.07, 6.45) is 1.66. The van der Waals surface area contributed by atoms with Crippen molar-refractivity contribution in [3.05, 3.63) is 53.3 Å². The highest BCUT2D eigenvalue weighted by Crippen LogP contribution is 2.33. The van der Waals surface area contributed by atoms with Crippen LogP contribution < -0.4 is 4.90 Å². The van der Waals surface area contributed by atoms with Crippen LogP contribution in [0.4, 0.5) is 24.7 Å². The maximum absolute atomic E-state index is 14.6. The predicted octanol–water partition coefficient (Wildman–Crippen LogP) is 3.98. The molecule has 1 aromatic carbocycles. The van der Waals surface area contributed by atoms with E-state index in [-0.39, 0.29) is 17.0 Å². The van der Waals surface area contributed by atoms with Crippen molar-refractivity contribution >= 4 is 44.1 Å². The first-order valence-electron chi connectivity index (χ1n) is 7.49. The number of nitrogens with zero attached hydrogens (tertiary/aromatic N) is 6. The van der Waals surface area contributed by atoms with Gasteiger partial charge in [-0.3, -0.25) is 9.38 Å². The molecule has 4 aromatic rings. The number of anilines is 2. The van der Waals surface area contributed by atoms with Crippen LogP contribution in [0.25, 0.3) is 16.7 Å². The molecule has 10 heteroatoms. The highest BCUT2D eigenvalue weighted by atomic mass is 79.9. The Labute approximate surface area is 153 Å². The Morgan fingerprint density at radius 1 is 1.23 bits per heavy atom. The van der Waals surface area contributed by atoms with E-state index >= 15 is 0 Å². The van der Waals surface area contributed by atoms with Crippen LogP contribution in [-0.2, 0) is 0 Å². The first-order chi connectivity index (χ1) is 12.5. The van der Waals surface area contributed by atoms with Crippen molar-refractivity contribution in [2.24, 2.45) is 0 Å². The molecule has 0 saturated heterocycles. The first-order valence-corrected chi connectivity index (χ1v) is 8.28. The van der Waals surface area contributed by atoms with E-state index in [4.69, 9.17) is 0 Å². The number of alkyl halides is 2. The number of halogens is 4. The second-order valence-corrected chi connectivity index (χ2v) is 6.35. The lowest BCUT2D eigenvalue weighted by Gasteiger charge is -2.25. The summed E-state index contributed by atoms with van der Waals surface area (Å²) in [5, 5.41) is 7.74. The van der Waals surface area contributed by atoms with Gasteiger partial charge in [0.1, 0.15) is 18.0 Å². The largest absolute Gasteiger partial charge is 0.318 e. The zero-order chi connectivity index (χ0) is 18.3. The molecule has 0 fully saturated rings. The summed E-state index contributed by atoms with van der Waals surface area (Å²) in [6, 6.07) is 6.04. The summed E-state index contributed by atoms with van der Waals surface area (Å²) >= 11 is 3.27. The van der Waals surface area contributed by atoms with Crippen molar-refractivity contribution in [1.29, 1.82) is 0 Å². The fourth-order valence-electron chi connectivity index (χ4n) is 2.76. The average Bonchev–Trinajstić information content (AvgIpc) is 3.08. The molecule has 0 aliphatic carbocycles. The van der Waals surface area contributed by atoms with Crippen LogP contribution in [0.2, 0.25) is 0 Å². The van der Waals surface area contributed by atoms with E-state index in [2.05, 4.69) is 36.1 Å². The molecule has 0 aliphatic heterocycles. The number of aromatic nitrogens is 5. The number of rotatable bonds is 4. The molecule has 0 N–H and O–H groups in total. The van der Waals surface area contributed by atoms with Gasteiger partial charge in [-0.05, 0) is 34.1 Å². The second-order valence-electron chi connectivity index (χ2n) is 5.43. The van der Waals surface area contributed by atoms with Gasteiger partial charge in [-0.1, -0.05) is 6.07 Å². The Kier molecular flexibility index (Phi) is 4.19. The van der Waals surface area contributed by atoms with Crippen molar-refractivity contribution in [1.82, 2.24) is 24.6 Å². The van der Waals surface area contributed by atoms with Crippen LogP contribution in [0.3, 0.4) is 0 Å². The molecule has 3 heterocycles. The smallest absolute Gasteiger partial charge is 0.257 e. The Morgan fingerprint density at radius 3 is 2.85 bits per heavy atom. The van der Waals surface area contributed by atoms with Gasteiger partial charge in [0.2, 0.25) is 0 Å². The monoisotopic (exact) mass is 422 g/mol. The molecular weight excluding hydrogens is 413 g/mol. The van der Waals surface area contributed by atoms with E-state index in [0.717, 1.165) is 0 Å². The Bertz CT molecular complexity index is 1100. The Hall–Kier alpha value is -2.75. The van der Waals surface area contributed by atoms with Crippen LogP contribution in [0.1, 0.15) is 0 Å². The molecule has 0 spiro atoms. The fourth-order valence-corrected chi connectivity index (χ4v) is 3.11. The topological polar surface area (TPSA) is 59.2 Å². The normalized spacial score (nSPS) is 11.6. The van der Waals surface area contributed by atoms with Crippen LogP contribution in [-0.4, -0.2) is 37.5 Å². The molecule has 0 amide bonds. The molecule has 0 aliphatic rings. The maximum atomic E-state index is 14.6. The molecule has 0 bridgehead atoms. The van der Waals surface area contributed by atoms with E-state index in [1.54, 1.807) is 12.1 Å². The van der Waals surface area contributed by atoms with Crippen molar-refractivity contribution in [3.8, 4) is 0 Å². The lowest BCUT2D eigenvalue weighted by Crippen LogP contribution is -2.25. The van der Waals surface area contributed by atoms with Gasteiger partial charge in [0, 0.05) is 10.7 Å². The molecule has 132 valence electrons. The molecule has 0 radical (unpaired) electrons. The molecule has 6 nitrogen and oxygen atoms in total. The maximum Gasteiger partial charge on any atom is 0.257 e. The minimum absolute atomic E-state index is 0.0267. The zero-order valence-electron chi connectivity index (χ0n) is 13.0. The fraction of sp³-hybridized carbons (Fsp3) is 0.125. The van der Waals surface area contributed by atoms with Gasteiger partial charge in [0.05, 0.1) is 29.3 Å². The molecule has 3 aromatic heterocycles. The minimum Gasteiger partial charge on any atom is -0.318 e. The van der Waals surface area contributed by atoms with Crippen LogP contribution in [0.5, 0.6) is 0 Å². The van der Waals surface area contributed by atoms with Crippen molar-refractivity contribution in [3.63, 3.8) is 0 Å². The van der Waals surface area contributed by atoms with Crippen molar-refractivity contribution < 1.29 is 13.2 Å². The lowest BCUT2D eigenvalue weighted by atomic mass is 10.2. The van der Waals surface area contributed by atoms with Gasteiger partial charge in [0.25, 0.3) is 12.2 Å². The van der Waals surface area contributed by atoms with E-state index in [1.807, 2.05) is 0 Å². The quantitative estimate of drug-likeness (QED) is 0.497. The van der Waals surface area contributed by atoms with E-state index in [9.17, 15) is 13.2 Å². The average molecular weight is 423 g/mol. The van der Waals surface area contributed by atoms with Gasteiger partial charge in [-0.25, -0.2) is 13.2 Å². The molecule has 4 rings (SSSR count). The Morgan fingerprint density at radius 2 is 2.08 bits per heavy atom. The predicted molar refractivity (Wildman–Crippen MR) is 93.2 cm³/mol. The van der Waals surface area contributed by atoms with Crippen LogP contribution in [0.15, 0.2) is 47.5 Å². The van der Waals surface area contributed by atoms with E-state index < -0.39 is 18.8 Å². The van der Waals surface area contributed by atoms with Gasteiger partial charge in [-0.2, -0.15) is 4.98 Å². The number of benzene rings is 1. The lowest BCUT2D eigenvalue weighted by molar-refractivity contribution is 0.158.